The molecule has 0 unspecified atom stereocenters. The van der Waals surface area contributed by atoms with E-state index in [1.54, 1.807) is 6.33 Å². The maximum absolute atomic E-state index is 12.2. The van der Waals surface area contributed by atoms with Crippen molar-refractivity contribution in [3.63, 3.8) is 0 Å². The van der Waals surface area contributed by atoms with E-state index in [0.29, 0.717) is 4.88 Å². The summed E-state index contributed by atoms with van der Waals surface area (Å²) in [6, 6.07) is 9.53. The number of rotatable bonds is 3. The molecule has 5 nitrogen and oxygen atoms in total. The lowest BCUT2D eigenvalue weighted by atomic mass is 10.1. The predicted molar refractivity (Wildman–Crippen MR) is 97.9 cm³/mol. The smallest absolute Gasteiger partial charge is 0.265 e. The van der Waals surface area contributed by atoms with E-state index in [9.17, 15) is 4.79 Å². The number of thiophene rings is 1. The van der Waals surface area contributed by atoms with Gasteiger partial charge < -0.3 is 10.2 Å². The summed E-state index contributed by atoms with van der Waals surface area (Å²) in [6.45, 7) is 2.09. The van der Waals surface area contributed by atoms with Crippen LogP contribution in [-0.4, -0.2) is 29.0 Å². The molecule has 1 aliphatic rings. The number of hydrogen-bond donors (Lipinski definition) is 1. The number of nitrogens with one attached hydrogen (secondary N) is 1. The fraction of sp³-hybridized carbons (Fsp3) is 0.278. The zero-order chi connectivity index (χ0) is 16.4. The van der Waals surface area contributed by atoms with Crippen molar-refractivity contribution in [2.24, 2.45) is 0 Å². The summed E-state index contributed by atoms with van der Waals surface area (Å²) in [5.74, 6) is 0.908. The Balaban J connectivity index is 1.63. The van der Waals surface area contributed by atoms with Crippen molar-refractivity contribution in [2.75, 3.05) is 23.3 Å². The number of carbonyl (C=O) groups excluding carboxylic acids is 1. The number of hydrogen-bond acceptors (Lipinski definition) is 5. The highest BCUT2D eigenvalue weighted by molar-refractivity contribution is 7.12. The molecule has 0 aliphatic carbocycles. The van der Waals surface area contributed by atoms with Gasteiger partial charge in [0.2, 0.25) is 0 Å². The molecule has 1 N–H and O–H groups in total. The van der Waals surface area contributed by atoms with Gasteiger partial charge in [0.05, 0.1) is 10.4 Å². The highest BCUT2D eigenvalue weighted by Gasteiger charge is 2.16. The molecule has 4 rings (SSSR count). The van der Waals surface area contributed by atoms with Crippen LogP contribution in [0.3, 0.4) is 0 Å². The number of aromatic nitrogens is 2. The molecule has 0 atom stereocenters. The number of fused-ring (bicyclic) bond motifs is 1. The first kappa shape index (κ1) is 15.1. The predicted octanol–water partition coefficient (Wildman–Crippen LogP) is 3.93. The Morgan fingerprint density at radius 2 is 2.00 bits per heavy atom. The minimum absolute atomic E-state index is 0.0883. The van der Waals surface area contributed by atoms with Gasteiger partial charge in [-0.25, -0.2) is 9.97 Å². The van der Waals surface area contributed by atoms with Crippen LogP contribution in [0.2, 0.25) is 0 Å². The van der Waals surface area contributed by atoms with Crippen LogP contribution in [0.25, 0.3) is 10.9 Å². The van der Waals surface area contributed by atoms with Crippen molar-refractivity contribution in [2.45, 2.75) is 19.3 Å². The van der Waals surface area contributed by atoms with Crippen molar-refractivity contribution in [3.05, 3.63) is 46.9 Å². The Morgan fingerprint density at radius 3 is 2.79 bits per heavy atom. The molecule has 0 spiro atoms. The van der Waals surface area contributed by atoms with Crippen LogP contribution in [0.1, 0.15) is 28.9 Å². The standard InChI is InChI=1S/C18H18N4OS/c23-18(16-5-4-10-24-16)21-13-6-7-14-15(11-13)19-12-20-17(14)22-8-2-1-3-9-22/h4-7,10-12H,1-3,8-9H2,(H,21,23). The summed E-state index contributed by atoms with van der Waals surface area (Å²) in [4.78, 5) is 24.1. The zero-order valence-corrected chi connectivity index (χ0v) is 14.1. The average molecular weight is 338 g/mol. The molecule has 2 aromatic heterocycles. The van der Waals surface area contributed by atoms with Gasteiger partial charge >= 0.3 is 0 Å². The fourth-order valence-electron chi connectivity index (χ4n) is 3.08. The van der Waals surface area contributed by atoms with E-state index in [1.807, 2.05) is 35.7 Å². The number of piperidine rings is 1. The van der Waals surface area contributed by atoms with Gasteiger partial charge in [0, 0.05) is 24.2 Å². The SMILES string of the molecule is O=C(Nc1ccc2c(N3CCCCC3)ncnc2c1)c1cccs1. The van der Waals surface area contributed by atoms with Gasteiger partial charge in [0.1, 0.15) is 12.1 Å². The zero-order valence-electron chi connectivity index (χ0n) is 13.2. The molecule has 1 aromatic carbocycles. The summed E-state index contributed by atoms with van der Waals surface area (Å²) in [7, 11) is 0. The second-order valence-electron chi connectivity index (χ2n) is 5.91. The molecule has 1 amide bonds. The normalized spacial score (nSPS) is 14.8. The van der Waals surface area contributed by atoms with Crippen LogP contribution in [0.5, 0.6) is 0 Å². The Labute approximate surface area is 144 Å². The molecule has 1 aliphatic heterocycles. The van der Waals surface area contributed by atoms with Gasteiger partial charge in [-0.3, -0.25) is 4.79 Å². The van der Waals surface area contributed by atoms with E-state index in [-0.39, 0.29) is 5.91 Å². The second-order valence-corrected chi connectivity index (χ2v) is 6.86. The summed E-state index contributed by atoms with van der Waals surface area (Å²) in [6.07, 6.45) is 5.32. The van der Waals surface area contributed by atoms with Gasteiger partial charge in [-0.05, 0) is 48.9 Å². The van der Waals surface area contributed by atoms with Crippen molar-refractivity contribution in [1.29, 1.82) is 0 Å². The molecule has 1 fully saturated rings. The van der Waals surface area contributed by atoms with E-state index in [1.165, 1.54) is 30.6 Å². The number of nitrogens with zero attached hydrogens (tertiary/aromatic N) is 3. The van der Waals surface area contributed by atoms with Gasteiger partial charge in [0.25, 0.3) is 5.91 Å². The van der Waals surface area contributed by atoms with Crippen LogP contribution in [0, 0.1) is 0 Å². The summed E-state index contributed by atoms with van der Waals surface area (Å²) >= 11 is 1.43. The van der Waals surface area contributed by atoms with Crippen LogP contribution in [0.4, 0.5) is 11.5 Å². The molecule has 6 heteroatoms. The highest BCUT2D eigenvalue weighted by Crippen LogP contribution is 2.27. The fourth-order valence-corrected chi connectivity index (χ4v) is 3.70. The molecule has 0 saturated carbocycles. The lowest BCUT2D eigenvalue weighted by Gasteiger charge is -2.28. The summed E-state index contributed by atoms with van der Waals surface area (Å²) in [5.41, 5.74) is 1.61. The largest absolute Gasteiger partial charge is 0.356 e. The summed E-state index contributed by atoms with van der Waals surface area (Å²) < 4.78 is 0. The first-order valence-corrected chi connectivity index (χ1v) is 9.04. The van der Waals surface area contributed by atoms with E-state index < -0.39 is 0 Å². The molecule has 122 valence electrons. The number of amides is 1. The van der Waals surface area contributed by atoms with Crippen LogP contribution < -0.4 is 10.2 Å². The van der Waals surface area contributed by atoms with Crippen LogP contribution in [-0.2, 0) is 0 Å². The van der Waals surface area contributed by atoms with Crippen LogP contribution >= 0.6 is 11.3 Å². The Hall–Kier alpha value is -2.47. The van der Waals surface area contributed by atoms with Crippen LogP contribution in [0.15, 0.2) is 42.0 Å². The first-order valence-electron chi connectivity index (χ1n) is 8.16. The molecule has 1 saturated heterocycles. The van der Waals surface area contributed by atoms with Gasteiger partial charge in [-0.15, -0.1) is 11.3 Å². The van der Waals surface area contributed by atoms with Crippen molar-refractivity contribution in [3.8, 4) is 0 Å². The molecule has 0 bridgehead atoms. The van der Waals surface area contributed by atoms with E-state index >= 15 is 0 Å². The number of carbonyl (C=O) groups is 1. The number of anilines is 2. The molecule has 3 aromatic rings. The molecular formula is C18H18N4OS. The van der Waals surface area contributed by atoms with Gasteiger partial charge in [0.15, 0.2) is 0 Å². The third-order valence-corrected chi connectivity index (χ3v) is 5.14. The quantitative estimate of drug-likeness (QED) is 0.786. The maximum Gasteiger partial charge on any atom is 0.265 e. The average Bonchev–Trinajstić information content (AvgIpc) is 3.16. The lowest BCUT2D eigenvalue weighted by Crippen LogP contribution is -2.30. The second kappa shape index (κ2) is 6.57. The Bertz CT molecular complexity index is 857. The molecule has 3 heterocycles. The molecule has 24 heavy (non-hydrogen) atoms. The van der Waals surface area contributed by atoms with E-state index in [2.05, 4.69) is 20.2 Å². The molecule has 0 radical (unpaired) electrons. The topological polar surface area (TPSA) is 58.1 Å². The van der Waals surface area contributed by atoms with E-state index in [4.69, 9.17) is 0 Å². The Kier molecular flexibility index (Phi) is 4.13. The van der Waals surface area contributed by atoms with Crippen molar-refractivity contribution < 1.29 is 4.79 Å². The minimum Gasteiger partial charge on any atom is -0.356 e. The van der Waals surface area contributed by atoms with Crippen molar-refractivity contribution >= 4 is 39.7 Å². The summed E-state index contributed by atoms with van der Waals surface area (Å²) in [5, 5.41) is 5.86. The maximum atomic E-state index is 12.2. The highest BCUT2D eigenvalue weighted by atomic mass is 32.1. The monoisotopic (exact) mass is 338 g/mol. The Morgan fingerprint density at radius 1 is 1.12 bits per heavy atom. The van der Waals surface area contributed by atoms with Gasteiger partial charge in [-0.1, -0.05) is 6.07 Å². The lowest BCUT2D eigenvalue weighted by molar-refractivity contribution is 0.103. The third kappa shape index (κ3) is 2.97. The third-order valence-electron chi connectivity index (χ3n) is 4.27. The minimum atomic E-state index is -0.0883. The first-order chi connectivity index (χ1) is 11.8. The van der Waals surface area contributed by atoms with E-state index in [0.717, 1.165) is 35.5 Å². The van der Waals surface area contributed by atoms with Crippen molar-refractivity contribution in [1.82, 2.24) is 9.97 Å². The number of benzene rings is 1. The molecular weight excluding hydrogens is 320 g/mol. The van der Waals surface area contributed by atoms with Gasteiger partial charge in [-0.2, -0.15) is 0 Å².